The number of nitrogens with zero attached hydrogens (tertiary/aromatic N) is 3. The molecule has 10 aromatic rings. The third-order valence-corrected chi connectivity index (χ3v) is 9.72. The molecule has 4 heteroatoms. The first-order chi connectivity index (χ1) is 25.2. The molecule has 0 radical (unpaired) electrons. The topological polar surface area (TPSA) is 51.8 Å². The lowest BCUT2D eigenvalue weighted by molar-refractivity contribution is 0.669. The first-order valence-corrected chi connectivity index (χ1v) is 17.1. The second-order valence-corrected chi connectivity index (χ2v) is 12.8. The molecule has 2 heterocycles. The molecule has 0 aliphatic rings. The van der Waals surface area contributed by atoms with Gasteiger partial charge in [0.05, 0.1) is 0 Å². The Morgan fingerprint density at radius 1 is 0.314 bits per heavy atom. The molecule has 51 heavy (non-hydrogen) atoms. The predicted molar refractivity (Wildman–Crippen MR) is 209 cm³/mol. The molecule has 0 aliphatic carbocycles. The first-order valence-electron chi connectivity index (χ1n) is 17.1. The number of para-hydroxylation sites is 1. The van der Waals surface area contributed by atoms with E-state index in [4.69, 9.17) is 19.4 Å². The quantitative estimate of drug-likeness (QED) is 0.186. The number of aromatic nitrogens is 3. The van der Waals surface area contributed by atoms with Crippen molar-refractivity contribution in [2.75, 3.05) is 0 Å². The van der Waals surface area contributed by atoms with Gasteiger partial charge in [-0.3, -0.25) is 0 Å². The van der Waals surface area contributed by atoms with Crippen molar-refractivity contribution in [1.82, 2.24) is 15.0 Å². The van der Waals surface area contributed by atoms with Crippen molar-refractivity contribution in [2.24, 2.45) is 0 Å². The van der Waals surface area contributed by atoms with Gasteiger partial charge in [0.2, 0.25) is 0 Å². The number of furan rings is 1. The molecule has 0 unspecified atom stereocenters. The number of hydrogen-bond acceptors (Lipinski definition) is 4. The molecule has 0 saturated heterocycles. The van der Waals surface area contributed by atoms with Crippen LogP contribution in [0, 0.1) is 0 Å². The van der Waals surface area contributed by atoms with Crippen molar-refractivity contribution in [3.8, 4) is 56.4 Å². The molecule has 238 valence electrons. The highest BCUT2D eigenvalue weighted by Gasteiger charge is 2.15. The smallest absolute Gasteiger partial charge is 0.164 e. The number of fused-ring (bicyclic) bond motifs is 5. The average Bonchev–Trinajstić information content (AvgIpc) is 3.60. The lowest BCUT2D eigenvalue weighted by Crippen LogP contribution is -2.00. The molecule has 0 fully saturated rings. The molecule has 0 atom stereocenters. The second-order valence-electron chi connectivity index (χ2n) is 12.8. The maximum atomic E-state index is 6.17. The fraction of sp³-hybridized carbons (Fsp3) is 0. The Kier molecular flexibility index (Phi) is 6.78. The van der Waals surface area contributed by atoms with Crippen LogP contribution in [-0.4, -0.2) is 15.0 Å². The summed E-state index contributed by atoms with van der Waals surface area (Å²) in [7, 11) is 0. The molecule has 2 aromatic heterocycles. The SMILES string of the molecule is c1ccc(-c2nc(-c3ccc(-c4cccc5ccccc45)cc3)nc(-c3ccc4cc(-c5cccc6oc7ccccc7c56)ccc4c3)n2)cc1. The van der Waals surface area contributed by atoms with Gasteiger partial charge in [-0.1, -0.05) is 152 Å². The number of hydrogen-bond donors (Lipinski definition) is 0. The summed E-state index contributed by atoms with van der Waals surface area (Å²) in [6, 6.07) is 61.1. The van der Waals surface area contributed by atoms with Gasteiger partial charge < -0.3 is 4.42 Å². The standard InChI is InChI=1S/C47H29N3O/c1-2-11-32(12-3-1)45-48-46(33-22-20-31(21-23-33)39-16-8-13-30-10-4-5-14-38(30)39)50-47(49-45)37-27-25-34-28-36(26-24-35(34)29-37)40-17-9-19-43-44(40)41-15-6-7-18-42(41)51-43/h1-29H. The Morgan fingerprint density at radius 3 is 1.65 bits per heavy atom. The minimum Gasteiger partial charge on any atom is -0.456 e. The van der Waals surface area contributed by atoms with Crippen molar-refractivity contribution in [2.45, 2.75) is 0 Å². The van der Waals surface area contributed by atoms with Crippen LogP contribution in [0.15, 0.2) is 180 Å². The van der Waals surface area contributed by atoms with Gasteiger partial charge >= 0.3 is 0 Å². The molecule has 0 amide bonds. The van der Waals surface area contributed by atoms with Gasteiger partial charge in [0.1, 0.15) is 11.2 Å². The highest BCUT2D eigenvalue weighted by atomic mass is 16.3. The van der Waals surface area contributed by atoms with Crippen LogP contribution in [0.1, 0.15) is 0 Å². The molecular formula is C47H29N3O. The van der Waals surface area contributed by atoms with E-state index in [9.17, 15) is 0 Å². The van der Waals surface area contributed by atoms with E-state index < -0.39 is 0 Å². The maximum Gasteiger partial charge on any atom is 0.164 e. The van der Waals surface area contributed by atoms with E-state index in [1.165, 1.54) is 16.3 Å². The van der Waals surface area contributed by atoms with E-state index in [1.807, 2.05) is 48.5 Å². The van der Waals surface area contributed by atoms with Gasteiger partial charge in [0.15, 0.2) is 17.5 Å². The molecule has 0 N–H and O–H groups in total. The summed E-state index contributed by atoms with van der Waals surface area (Å²) in [5.41, 5.74) is 9.27. The van der Waals surface area contributed by atoms with Crippen LogP contribution in [0.4, 0.5) is 0 Å². The Bertz CT molecular complexity index is 2900. The normalized spacial score (nSPS) is 11.5. The maximum absolute atomic E-state index is 6.17. The van der Waals surface area contributed by atoms with Crippen LogP contribution in [0.3, 0.4) is 0 Å². The van der Waals surface area contributed by atoms with Crippen LogP contribution in [0.25, 0.3) is 99.9 Å². The van der Waals surface area contributed by atoms with E-state index in [2.05, 4.69) is 127 Å². The van der Waals surface area contributed by atoms with Gasteiger partial charge in [-0.05, 0) is 68.1 Å². The van der Waals surface area contributed by atoms with Crippen LogP contribution >= 0.6 is 0 Å². The van der Waals surface area contributed by atoms with Gasteiger partial charge in [-0.2, -0.15) is 0 Å². The molecule has 10 rings (SSSR count). The molecular weight excluding hydrogens is 623 g/mol. The largest absolute Gasteiger partial charge is 0.456 e. The third-order valence-electron chi connectivity index (χ3n) is 9.72. The zero-order chi connectivity index (χ0) is 33.7. The van der Waals surface area contributed by atoms with Crippen LogP contribution in [0.2, 0.25) is 0 Å². The molecule has 0 saturated carbocycles. The summed E-state index contributed by atoms with van der Waals surface area (Å²) in [5, 5.41) is 6.98. The summed E-state index contributed by atoms with van der Waals surface area (Å²) < 4.78 is 6.17. The van der Waals surface area contributed by atoms with Gasteiger partial charge in [-0.15, -0.1) is 0 Å². The predicted octanol–water partition coefficient (Wildman–Crippen LogP) is 12.4. The zero-order valence-electron chi connectivity index (χ0n) is 27.5. The van der Waals surface area contributed by atoms with Crippen LogP contribution < -0.4 is 0 Å². The Labute approximate surface area is 294 Å². The summed E-state index contributed by atoms with van der Waals surface area (Å²) in [5.74, 6) is 1.92. The summed E-state index contributed by atoms with van der Waals surface area (Å²) in [6.45, 7) is 0. The molecule has 0 bridgehead atoms. The van der Waals surface area contributed by atoms with Crippen molar-refractivity contribution in [3.05, 3.63) is 176 Å². The van der Waals surface area contributed by atoms with Gasteiger partial charge in [0.25, 0.3) is 0 Å². The van der Waals surface area contributed by atoms with Gasteiger partial charge in [0, 0.05) is 27.5 Å². The molecule has 0 spiro atoms. The molecule has 8 aromatic carbocycles. The van der Waals surface area contributed by atoms with Crippen molar-refractivity contribution in [3.63, 3.8) is 0 Å². The molecule has 4 nitrogen and oxygen atoms in total. The minimum absolute atomic E-state index is 0.637. The Hall–Kier alpha value is -6.91. The van der Waals surface area contributed by atoms with Crippen LogP contribution in [0.5, 0.6) is 0 Å². The van der Waals surface area contributed by atoms with Gasteiger partial charge in [-0.25, -0.2) is 15.0 Å². The van der Waals surface area contributed by atoms with E-state index in [-0.39, 0.29) is 0 Å². The first kappa shape index (κ1) is 29.0. The average molecular weight is 652 g/mol. The summed E-state index contributed by atoms with van der Waals surface area (Å²) >= 11 is 0. The monoisotopic (exact) mass is 651 g/mol. The second kappa shape index (κ2) is 11.9. The van der Waals surface area contributed by atoms with Crippen molar-refractivity contribution in [1.29, 1.82) is 0 Å². The van der Waals surface area contributed by atoms with Crippen LogP contribution in [-0.2, 0) is 0 Å². The number of rotatable bonds is 5. The van der Waals surface area contributed by atoms with E-state index in [0.717, 1.165) is 66.1 Å². The van der Waals surface area contributed by atoms with E-state index in [0.29, 0.717) is 17.5 Å². The fourth-order valence-electron chi connectivity index (χ4n) is 7.19. The summed E-state index contributed by atoms with van der Waals surface area (Å²) in [6.07, 6.45) is 0. The Balaban J connectivity index is 1.05. The molecule has 0 aliphatic heterocycles. The lowest BCUT2D eigenvalue weighted by atomic mass is 9.96. The zero-order valence-corrected chi connectivity index (χ0v) is 27.5. The Morgan fingerprint density at radius 2 is 0.843 bits per heavy atom. The van der Waals surface area contributed by atoms with E-state index in [1.54, 1.807) is 0 Å². The van der Waals surface area contributed by atoms with E-state index >= 15 is 0 Å². The third kappa shape index (κ3) is 5.13. The summed E-state index contributed by atoms with van der Waals surface area (Å²) in [4.78, 5) is 15.0. The lowest BCUT2D eigenvalue weighted by Gasteiger charge is -2.11. The fourth-order valence-corrected chi connectivity index (χ4v) is 7.19. The highest BCUT2D eigenvalue weighted by molar-refractivity contribution is 6.13. The highest BCUT2D eigenvalue weighted by Crippen LogP contribution is 2.38. The van der Waals surface area contributed by atoms with Crippen molar-refractivity contribution >= 4 is 43.5 Å². The van der Waals surface area contributed by atoms with Crippen molar-refractivity contribution < 1.29 is 4.42 Å². The number of benzene rings is 8. The minimum atomic E-state index is 0.637.